The molecule has 3 nitrogen and oxygen atoms in total. The molecule has 0 radical (unpaired) electrons. The number of carboxylic acid groups (broad SMARTS) is 1. The molecule has 5 aliphatic rings. The molecule has 8 unspecified atom stereocenters. The number of fused-ring (bicyclic) bond motifs is 7. The molecule has 5 saturated carbocycles. The molecule has 164 valence electrons. The summed E-state index contributed by atoms with van der Waals surface area (Å²) in [5.74, 6) is 2.62. The molecule has 5 fully saturated rings. The predicted octanol–water partition coefficient (Wildman–Crippen LogP) is 5.90. The van der Waals surface area contributed by atoms with Crippen molar-refractivity contribution in [3.63, 3.8) is 0 Å². The van der Waals surface area contributed by atoms with Crippen molar-refractivity contribution in [1.29, 1.82) is 0 Å². The molecule has 0 spiro atoms. The van der Waals surface area contributed by atoms with Gasteiger partial charge in [-0.25, -0.2) is 0 Å². The minimum Gasteiger partial charge on any atom is -0.481 e. The topological polar surface area (TPSA) is 57.5 Å². The van der Waals surface area contributed by atoms with E-state index >= 15 is 0 Å². The minimum atomic E-state index is -0.496. The minimum absolute atomic E-state index is 0.0155. The van der Waals surface area contributed by atoms with Gasteiger partial charge < -0.3 is 10.2 Å². The molecule has 2 N–H and O–H groups in total. The fourth-order valence-corrected chi connectivity index (χ4v) is 10.6. The van der Waals surface area contributed by atoms with Gasteiger partial charge in [0.15, 0.2) is 0 Å². The van der Waals surface area contributed by atoms with Gasteiger partial charge >= 0.3 is 5.97 Å². The summed E-state index contributed by atoms with van der Waals surface area (Å²) >= 11 is 0. The Balaban J connectivity index is 1.48. The first-order valence-electron chi connectivity index (χ1n) is 12.5. The molecule has 0 aromatic rings. The highest BCUT2D eigenvalue weighted by atomic mass is 16.4. The summed E-state index contributed by atoms with van der Waals surface area (Å²) in [7, 11) is 0. The quantitative estimate of drug-likeness (QED) is 0.574. The molecule has 0 bridgehead atoms. The van der Waals surface area contributed by atoms with Gasteiger partial charge in [-0.2, -0.15) is 0 Å². The number of carbonyl (C=O) groups is 1. The van der Waals surface area contributed by atoms with Crippen molar-refractivity contribution in [3.05, 3.63) is 0 Å². The van der Waals surface area contributed by atoms with Gasteiger partial charge in [0.1, 0.15) is 0 Å². The van der Waals surface area contributed by atoms with Gasteiger partial charge in [-0.15, -0.1) is 0 Å². The second kappa shape index (κ2) is 6.24. The molecule has 29 heavy (non-hydrogen) atoms. The summed E-state index contributed by atoms with van der Waals surface area (Å²) in [5.41, 5.74) is 0.307. The third-order valence-electron chi connectivity index (χ3n) is 11.9. The van der Waals surface area contributed by atoms with Crippen LogP contribution in [-0.4, -0.2) is 22.3 Å². The molecule has 9 atom stereocenters. The van der Waals surface area contributed by atoms with E-state index in [4.69, 9.17) is 0 Å². The highest BCUT2D eigenvalue weighted by molar-refractivity contribution is 5.75. The number of aliphatic carboxylic acids is 1. The summed E-state index contributed by atoms with van der Waals surface area (Å²) in [6.07, 6.45) is 12.2. The summed E-state index contributed by atoms with van der Waals surface area (Å²) in [4.78, 5) is 12.3. The molecule has 0 aromatic carbocycles. The van der Waals surface area contributed by atoms with Crippen LogP contribution in [0.2, 0.25) is 0 Å². The lowest BCUT2D eigenvalue weighted by Gasteiger charge is -2.69. The van der Waals surface area contributed by atoms with Crippen molar-refractivity contribution >= 4 is 5.97 Å². The van der Waals surface area contributed by atoms with E-state index in [9.17, 15) is 15.0 Å². The highest BCUT2D eigenvalue weighted by Crippen LogP contribution is 2.72. The normalized spacial score (nSPS) is 55.9. The smallest absolute Gasteiger partial charge is 0.309 e. The maximum absolute atomic E-state index is 12.3. The first-order chi connectivity index (χ1) is 13.6. The second-order valence-corrected chi connectivity index (χ2v) is 12.9. The van der Waals surface area contributed by atoms with Crippen molar-refractivity contribution in [2.24, 2.45) is 51.2 Å². The Labute approximate surface area is 177 Å². The Hall–Kier alpha value is -0.570. The Morgan fingerprint density at radius 2 is 1.48 bits per heavy atom. The largest absolute Gasteiger partial charge is 0.481 e. The van der Waals surface area contributed by atoms with Crippen LogP contribution in [0.1, 0.15) is 98.3 Å². The molecule has 0 aliphatic heterocycles. The lowest BCUT2D eigenvalue weighted by Crippen LogP contribution is -2.63. The third kappa shape index (κ3) is 2.43. The van der Waals surface area contributed by atoms with Crippen LogP contribution in [-0.2, 0) is 4.79 Å². The van der Waals surface area contributed by atoms with Gasteiger partial charge in [0.25, 0.3) is 0 Å². The highest BCUT2D eigenvalue weighted by Gasteiger charge is 2.67. The number of carboxylic acids is 1. The molecule has 0 aromatic heterocycles. The summed E-state index contributed by atoms with van der Waals surface area (Å²) in [6, 6.07) is 0. The van der Waals surface area contributed by atoms with Gasteiger partial charge in [0.2, 0.25) is 0 Å². The summed E-state index contributed by atoms with van der Waals surface area (Å²) < 4.78 is 0. The van der Waals surface area contributed by atoms with E-state index in [1.54, 1.807) is 0 Å². The van der Waals surface area contributed by atoms with Crippen molar-refractivity contribution in [1.82, 2.24) is 0 Å². The number of rotatable bonds is 1. The zero-order valence-electron chi connectivity index (χ0n) is 19.0. The molecule has 0 heterocycles. The maximum Gasteiger partial charge on any atom is 0.309 e. The van der Waals surface area contributed by atoms with Crippen molar-refractivity contribution in [3.8, 4) is 0 Å². The van der Waals surface area contributed by atoms with Gasteiger partial charge in [-0.05, 0) is 110 Å². The lowest BCUT2D eigenvalue weighted by molar-refractivity contribution is -0.216. The van der Waals surface area contributed by atoms with E-state index < -0.39 is 11.4 Å². The number of aliphatic hydroxyl groups is 1. The predicted molar refractivity (Wildman–Crippen MR) is 114 cm³/mol. The SMILES string of the molecule is CC1(C)C(O)CCC2(C)C1CCC1(C)C3CCC4(C(=O)O)CCC[C@@H]4C3CCC12. The van der Waals surface area contributed by atoms with Crippen LogP contribution in [0.25, 0.3) is 0 Å². The van der Waals surface area contributed by atoms with E-state index in [0.29, 0.717) is 34.5 Å². The standard InChI is InChI=1S/C26H42O3/c1-23(2)19-10-13-24(3)17-9-15-26(22(28)29)12-5-6-18(26)16(17)7-8-20(24)25(19,4)14-11-21(23)27/h16-21,27H,5-15H2,1-4H3,(H,28,29)/t16?,17?,18-,19?,20?,21?,24?,25?,26?/m1/s1. The van der Waals surface area contributed by atoms with E-state index in [1.807, 2.05) is 0 Å². The van der Waals surface area contributed by atoms with Crippen LogP contribution in [0.5, 0.6) is 0 Å². The fourth-order valence-electron chi connectivity index (χ4n) is 10.6. The second-order valence-electron chi connectivity index (χ2n) is 12.9. The molecule has 3 heteroatoms. The first kappa shape index (κ1) is 20.3. The third-order valence-corrected chi connectivity index (χ3v) is 11.9. The average molecular weight is 403 g/mol. The van der Waals surface area contributed by atoms with Crippen LogP contribution >= 0.6 is 0 Å². The van der Waals surface area contributed by atoms with E-state index in [0.717, 1.165) is 44.4 Å². The van der Waals surface area contributed by atoms with E-state index in [1.165, 1.54) is 32.1 Å². The van der Waals surface area contributed by atoms with Gasteiger partial charge in [0, 0.05) is 0 Å². The Bertz CT molecular complexity index is 700. The maximum atomic E-state index is 12.3. The zero-order chi connectivity index (χ0) is 20.8. The van der Waals surface area contributed by atoms with Crippen LogP contribution in [0.3, 0.4) is 0 Å². The van der Waals surface area contributed by atoms with Crippen LogP contribution in [0.15, 0.2) is 0 Å². The monoisotopic (exact) mass is 402 g/mol. The van der Waals surface area contributed by atoms with Crippen molar-refractivity contribution < 1.29 is 15.0 Å². The van der Waals surface area contributed by atoms with E-state index in [-0.39, 0.29) is 11.5 Å². The molecule has 0 saturated heterocycles. The lowest BCUT2D eigenvalue weighted by atomic mass is 9.36. The Morgan fingerprint density at radius 1 is 0.759 bits per heavy atom. The zero-order valence-corrected chi connectivity index (χ0v) is 19.0. The molecular weight excluding hydrogens is 360 g/mol. The van der Waals surface area contributed by atoms with Gasteiger partial charge in [-0.3, -0.25) is 4.79 Å². The van der Waals surface area contributed by atoms with Crippen molar-refractivity contribution in [2.75, 3.05) is 0 Å². The molecular formula is C26H42O3. The number of hydrogen-bond donors (Lipinski definition) is 2. The molecule has 0 amide bonds. The first-order valence-corrected chi connectivity index (χ1v) is 12.5. The number of aliphatic hydroxyl groups excluding tert-OH is 1. The molecule has 5 rings (SSSR count). The Morgan fingerprint density at radius 3 is 2.21 bits per heavy atom. The average Bonchev–Trinajstić information content (AvgIpc) is 3.11. The fraction of sp³-hybridized carbons (Fsp3) is 0.962. The van der Waals surface area contributed by atoms with E-state index in [2.05, 4.69) is 27.7 Å². The number of hydrogen-bond acceptors (Lipinski definition) is 2. The summed E-state index contributed by atoms with van der Waals surface area (Å²) in [6.45, 7) is 9.78. The van der Waals surface area contributed by atoms with Gasteiger partial charge in [0.05, 0.1) is 11.5 Å². The van der Waals surface area contributed by atoms with Crippen LogP contribution < -0.4 is 0 Å². The van der Waals surface area contributed by atoms with Crippen LogP contribution in [0.4, 0.5) is 0 Å². The Kier molecular flexibility index (Phi) is 4.37. The van der Waals surface area contributed by atoms with Gasteiger partial charge in [-0.1, -0.05) is 34.1 Å². The molecule has 5 aliphatic carbocycles. The van der Waals surface area contributed by atoms with Crippen LogP contribution in [0, 0.1) is 51.2 Å². The summed E-state index contributed by atoms with van der Waals surface area (Å²) in [5, 5.41) is 20.9. The van der Waals surface area contributed by atoms with Crippen molar-refractivity contribution in [2.45, 2.75) is 104 Å².